The molecule has 1 aromatic heterocycles. The van der Waals surface area contributed by atoms with Gasteiger partial charge in [0, 0.05) is 4.88 Å². The van der Waals surface area contributed by atoms with Crippen molar-refractivity contribution in [1.29, 1.82) is 0 Å². The first-order valence-electron chi connectivity index (χ1n) is 7.24. The first-order chi connectivity index (χ1) is 10.8. The molecule has 2 aromatic carbocycles. The standard InChI is InChI=1S/C18H17NO2S/c1-2-21-16-10-9-13-6-3-4-8-15(13)17(16)18(20)19-12-14-7-5-11-22-14/h3-11H,2,12H2,1H3,(H,19,20). The highest BCUT2D eigenvalue weighted by Gasteiger charge is 2.16. The van der Waals surface area contributed by atoms with Gasteiger partial charge in [0.2, 0.25) is 0 Å². The normalized spacial score (nSPS) is 10.6. The molecule has 3 rings (SSSR count). The molecule has 0 aliphatic carbocycles. The van der Waals surface area contributed by atoms with Crippen LogP contribution in [0.3, 0.4) is 0 Å². The van der Waals surface area contributed by atoms with Crippen molar-refractivity contribution < 1.29 is 9.53 Å². The van der Waals surface area contributed by atoms with Gasteiger partial charge in [-0.2, -0.15) is 0 Å². The van der Waals surface area contributed by atoms with Crippen molar-refractivity contribution >= 4 is 28.0 Å². The summed E-state index contributed by atoms with van der Waals surface area (Å²) in [6.45, 7) is 2.98. The molecular weight excluding hydrogens is 294 g/mol. The van der Waals surface area contributed by atoms with Crippen LogP contribution in [0.1, 0.15) is 22.2 Å². The third kappa shape index (κ3) is 2.97. The molecule has 0 fully saturated rings. The van der Waals surface area contributed by atoms with E-state index in [9.17, 15) is 4.79 Å². The predicted molar refractivity (Wildman–Crippen MR) is 90.6 cm³/mol. The van der Waals surface area contributed by atoms with Gasteiger partial charge in [-0.15, -0.1) is 11.3 Å². The Kier molecular flexibility index (Phi) is 4.39. The maximum absolute atomic E-state index is 12.7. The van der Waals surface area contributed by atoms with Crippen LogP contribution in [0.15, 0.2) is 53.9 Å². The number of hydrogen-bond acceptors (Lipinski definition) is 3. The van der Waals surface area contributed by atoms with E-state index in [1.54, 1.807) is 11.3 Å². The zero-order valence-electron chi connectivity index (χ0n) is 12.3. The molecule has 0 radical (unpaired) electrons. The predicted octanol–water partition coefficient (Wildman–Crippen LogP) is 4.23. The molecule has 112 valence electrons. The molecule has 0 unspecified atom stereocenters. The van der Waals surface area contributed by atoms with Crippen molar-refractivity contribution in [2.45, 2.75) is 13.5 Å². The van der Waals surface area contributed by atoms with E-state index in [1.807, 2.05) is 60.8 Å². The number of fused-ring (bicyclic) bond motifs is 1. The average Bonchev–Trinajstić information content (AvgIpc) is 3.06. The summed E-state index contributed by atoms with van der Waals surface area (Å²) in [5, 5.41) is 6.94. The summed E-state index contributed by atoms with van der Waals surface area (Å²) in [7, 11) is 0. The smallest absolute Gasteiger partial charge is 0.255 e. The van der Waals surface area contributed by atoms with Crippen LogP contribution < -0.4 is 10.1 Å². The van der Waals surface area contributed by atoms with Gasteiger partial charge in [0.05, 0.1) is 18.7 Å². The summed E-state index contributed by atoms with van der Waals surface area (Å²) in [4.78, 5) is 13.8. The molecule has 1 N–H and O–H groups in total. The molecule has 0 spiro atoms. The number of hydrogen-bond donors (Lipinski definition) is 1. The van der Waals surface area contributed by atoms with E-state index in [1.165, 1.54) is 0 Å². The Morgan fingerprint density at radius 1 is 1.14 bits per heavy atom. The molecule has 0 aliphatic heterocycles. The zero-order chi connectivity index (χ0) is 15.4. The lowest BCUT2D eigenvalue weighted by atomic mass is 10.0. The Morgan fingerprint density at radius 2 is 2.00 bits per heavy atom. The summed E-state index contributed by atoms with van der Waals surface area (Å²) in [5.74, 6) is 0.526. The molecule has 0 atom stereocenters. The van der Waals surface area contributed by atoms with Gasteiger partial charge in [0.25, 0.3) is 5.91 Å². The summed E-state index contributed by atoms with van der Waals surface area (Å²) in [5.41, 5.74) is 0.608. The van der Waals surface area contributed by atoms with Gasteiger partial charge in [-0.3, -0.25) is 4.79 Å². The number of carbonyl (C=O) groups is 1. The zero-order valence-corrected chi connectivity index (χ0v) is 13.2. The van der Waals surface area contributed by atoms with Crippen LogP contribution in [-0.4, -0.2) is 12.5 Å². The van der Waals surface area contributed by atoms with Crippen LogP contribution in [0, 0.1) is 0 Å². The summed E-state index contributed by atoms with van der Waals surface area (Å²) >= 11 is 1.63. The second-order valence-electron chi connectivity index (χ2n) is 4.85. The van der Waals surface area contributed by atoms with E-state index in [2.05, 4.69) is 5.32 Å². The monoisotopic (exact) mass is 311 g/mol. The highest BCUT2D eigenvalue weighted by molar-refractivity contribution is 7.09. The SMILES string of the molecule is CCOc1ccc2ccccc2c1C(=O)NCc1cccs1. The number of ether oxygens (including phenoxy) is 1. The van der Waals surface area contributed by atoms with E-state index in [-0.39, 0.29) is 5.91 Å². The lowest BCUT2D eigenvalue weighted by Crippen LogP contribution is -2.23. The molecule has 0 saturated heterocycles. The van der Waals surface area contributed by atoms with Crippen molar-refractivity contribution in [1.82, 2.24) is 5.32 Å². The van der Waals surface area contributed by atoms with Crippen LogP contribution in [0.25, 0.3) is 10.8 Å². The van der Waals surface area contributed by atoms with E-state index < -0.39 is 0 Å². The van der Waals surface area contributed by atoms with Crippen molar-refractivity contribution in [3.05, 3.63) is 64.4 Å². The van der Waals surface area contributed by atoms with Crippen LogP contribution in [0.4, 0.5) is 0 Å². The number of carbonyl (C=O) groups excluding carboxylic acids is 1. The average molecular weight is 311 g/mol. The number of amides is 1. The maximum atomic E-state index is 12.7. The summed E-state index contributed by atoms with van der Waals surface area (Å²) in [6.07, 6.45) is 0. The minimum absolute atomic E-state index is 0.103. The fourth-order valence-corrected chi connectivity index (χ4v) is 3.08. The lowest BCUT2D eigenvalue weighted by molar-refractivity contribution is 0.0949. The van der Waals surface area contributed by atoms with Crippen molar-refractivity contribution in [3.63, 3.8) is 0 Å². The molecule has 0 bridgehead atoms. The van der Waals surface area contributed by atoms with Gasteiger partial charge >= 0.3 is 0 Å². The first kappa shape index (κ1) is 14.6. The second kappa shape index (κ2) is 6.62. The number of thiophene rings is 1. The number of nitrogens with one attached hydrogen (secondary N) is 1. The molecule has 4 heteroatoms. The van der Waals surface area contributed by atoms with E-state index >= 15 is 0 Å². The highest BCUT2D eigenvalue weighted by atomic mass is 32.1. The van der Waals surface area contributed by atoms with Gasteiger partial charge in [0.15, 0.2) is 0 Å². The summed E-state index contributed by atoms with van der Waals surface area (Å²) < 4.78 is 5.65. The topological polar surface area (TPSA) is 38.3 Å². The lowest BCUT2D eigenvalue weighted by Gasteiger charge is -2.13. The quantitative estimate of drug-likeness (QED) is 0.766. The van der Waals surface area contributed by atoms with E-state index in [0.29, 0.717) is 24.5 Å². The molecule has 22 heavy (non-hydrogen) atoms. The van der Waals surface area contributed by atoms with Gasteiger partial charge in [0.1, 0.15) is 5.75 Å². The molecule has 3 aromatic rings. The third-order valence-corrected chi connectivity index (χ3v) is 4.30. The molecule has 1 heterocycles. The fourth-order valence-electron chi connectivity index (χ4n) is 2.43. The molecule has 3 nitrogen and oxygen atoms in total. The largest absolute Gasteiger partial charge is 0.493 e. The Balaban J connectivity index is 1.95. The minimum Gasteiger partial charge on any atom is -0.493 e. The Bertz CT molecular complexity index is 781. The third-order valence-electron chi connectivity index (χ3n) is 3.42. The second-order valence-corrected chi connectivity index (χ2v) is 5.89. The first-order valence-corrected chi connectivity index (χ1v) is 8.12. The molecular formula is C18H17NO2S. The minimum atomic E-state index is -0.103. The van der Waals surface area contributed by atoms with Crippen molar-refractivity contribution in [3.8, 4) is 5.75 Å². The van der Waals surface area contributed by atoms with Crippen LogP contribution >= 0.6 is 11.3 Å². The van der Waals surface area contributed by atoms with Gasteiger partial charge in [-0.05, 0) is 35.2 Å². The maximum Gasteiger partial charge on any atom is 0.255 e. The van der Waals surface area contributed by atoms with Crippen molar-refractivity contribution in [2.75, 3.05) is 6.61 Å². The van der Waals surface area contributed by atoms with Crippen LogP contribution in [-0.2, 0) is 6.54 Å². The highest BCUT2D eigenvalue weighted by Crippen LogP contribution is 2.28. The summed E-state index contributed by atoms with van der Waals surface area (Å²) in [6, 6.07) is 15.7. The van der Waals surface area contributed by atoms with Gasteiger partial charge in [-0.25, -0.2) is 0 Å². The van der Waals surface area contributed by atoms with E-state index in [4.69, 9.17) is 4.74 Å². The van der Waals surface area contributed by atoms with Gasteiger partial charge < -0.3 is 10.1 Å². The molecule has 0 saturated carbocycles. The van der Waals surface area contributed by atoms with Crippen molar-refractivity contribution in [2.24, 2.45) is 0 Å². The number of rotatable bonds is 5. The van der Waals surface area contributed by atoms with Gasteiger partial charge in [-0.1, -0.05) is 36.4 Å². The van der Waals surface area contributed by atoms with Crippen LogP contribution in [0.2, 0.25) is 0 Å². The molecule has 0 aliphatic rings. The molecule has 1 amide bonds. The number of benzene rings is 2. The Hall–Kier alpha value is -2.33. The Labute approximate surface area is 133 Å². The Morgan fingerprint density at radius 3 is 2.77 bits per heavy atom. The van der Waals surface area contributed by atoms with Crippen LogP contribution in [0.5, 0.6) is 5.75 Å². The van der Waals surface area contributed by atoms with E-state index in [0.717, 1.165) is 15.6 Å². The fraction of sp³-hybridized carbons (Fsp3) is 0.167.